The van der Waals surface area contributed by atoms with Crippen LogP contribution >= 0.6 is 24.0 Å². The van der Waals surface area contributed by atoms with Gasteiger partial charge in [0.15, 0.2) is 5.96 Å². The van der Waals surface area contributed by atoms with Gasteiger partial charge in [0, 0.05) is 32.7 Å². The van der Waals surface area contributed by atoms with Gasteiger partial charge < -0.3 is 20.6 Å². The topological polar surface area (TPSA) is 63.1 Å². The summed E-state index contributed by atoms with van der Waals surface area (Å²) in [6.45, 7) is 11.2. The Morgan fingerprint density at radius 1 is 1.00 bits per heavy atom. The molecule has 1 aromatic rings. The summed E-state index contributed by atoms with van der Waals surface area (Å²) in [7, 11) is 0. The van der Waals surface area contributed by atoms with E-state index in [9.17, 15) is 5.11 Å². The number of hydrogen-bond donors (Lipinski definition) is 3. The Kier molecular flexibility index (Phi) is 12.0. The lowest BCUT2D eigenvalue weighted by Gasteiger charge is -2.29. The van der Waals surface area contributed by atoms with Crippen LogP contribution in [-0.4, -0.2) is 72.8 Å². The average Bonchev–Trinajstić information content (AvgIpc) is 3.25. The van der Waals surface area contributed by atoms with Gasteiger partial charge in [0.1, 0.15) is 0 Å². The lowest BCUT2D eigenvalue weighted by atomic mass is 10.1. The zero-order valence-electron chi connectivity index (χ0n) is 18.5. The number of piperidine rings is 1. The molecule has 0 radical (unpaired) electrons. The number of rotatable bonds is 9. The molecule has 2 aliphatic heterocycles. The van der Waals surface area contributed by atoms with E-state index in [4.69, 9.17) is 4.99 Å². The first-order valence-corrected chi connectivity index (χ1v) is 11.5. The van der Waals surface area contributed by atoms with E-state index in [2.05, 4.69) is 51.6 Å². The van der Waals surface area contributed by atoms with E-state index < -0.39 is 0 Å². The highest BCUT2D eigenvalue weighted by atomic mass is 127. The Hall–Kier alpha value is -0.900. The standard InChI is InChI=1S/C23H39N5O.HI/c1-2-24-23(25-12-5-15-27-16-10-22(29)11-17-27)26-18-20-6-8-21(9-7-20)19-28-13-3-4-14-28;/h6-9,22,29H,2-5,10-19H2,1H3,(H2,24,25,26);1H. The summed E-state index contributed by atoms with van der Waals surface area (Å²) in [4.78, 5) is 9.73. The average molecular weight is 530 g/mol. The highest BCUT2D eigenvalue weighted by Crippen LogP contribution is 2.14. The van der Waals surface area contributed by atoms with Gasteiger partial charge in [0.05, 0.1) is 12.6 Å². The first-order valence-electron chi connectivity index (χ1n) is 11.5. The van der Waals surface area contributed by atoms with Crippen molar-refractivity contribution in [1.29, 1.82) is 0 Å². The van der Waals surface area contributed by atoms with Crippen LogP contribution in [0.3, 0.4) is 0 Å². The number of aliphatic hydroxyl groups is 1. The molecule has 1 aromatic carbocycles. The van der Waals surface area contributed by atoms with Crippen molar-refractivity contribution in [3.05, 3.63) is 35.4 Å². The fraction of sp³-hybridized carbons (Fsp3) is 0.696. The van der Waals surface area contributed by atoms with Crippen LogP contribution in [0, 0.1) is 0 Å². The molecule has 2 heterocycles. The van der Waals surface area contributed by atoms with Crippen LogP contribution in [0.25, 0.3) is 0 Å². The summed E-state index contributed by atoms with van der Waals surface area (Å²) in [6, 6.07) is 8.92. The van der Waals surface area contributed by atoms with Gasteiger partial charge in [-0.15, -0.1) is 24.0 Å². The number of nitrogens with zero attached hydrogens (tertiary/aromatic N) is 3. The van der Waals surface area contributed by atoms with E-state index in [1.807, 2.05) is 0 Å². The fourth-order valence-electron chi connectivity index (χ4n) is 4.11. The highest BCUT2D eigenvalue weighted by Gasteiger charge is 2.16. The quantitative estimate of drug-likeness (QED) is 0.199. The monoisotopic (exact) mass is 529 g/mol. The summed E-state index contributed by atoms with van der Waals surface area (Å²) in [6.07, 6.45) is 5.50. The van der Waals surface area contributed by atoms with Gasteiger partial charge in [-0.25, -0.2) is 4.99 Å². The fourth-order valence-corrected chi connectivity index (χ4v) is 4.11. The molecular weight excluding hydrogens is 489 g/mol. The van der Waals surface area contributed by atoms with Gasteiger partial charge in [-0.1, -0.05) is 24.3 Å². The smallest absolute Gasteiger partial charge is 0.191 e. The second-order valence-corrected chi connectivity index (χ2v) is 8.35. The van der Waals surface area contributed by atoms with Crippen LogP contribution in [0.5, 0.6) is 0 Å². The Morgan fingerprint density at radius 3 is 2.33 bits per heavy atom. The SMILES string of the molecule is CCNC(=NCc1ccc(CN2CCCC2)cc1)NCCCN1CCC(O)CC1.I. The molecule has 0 aromatic heterocycles. The zero-order valence-corrected chi connectivity index (χ0v) is 20.8. The van der Waals surface area contributed by atoms with Gasteiger partial charge >= 0.3 is 0 Å². The molecule has 0 saturated carbocycles. The van der Waals surface area contributed by atoms with Gasteiger partial charge in [0.2, 0.25) is 0 Å². The number of guanidine groups is 1. The minimum atomic E-state index is -0.0915. The predicted molar refractivity (Wildman–Crippen MR) is 135 cm³/mol. The first-order chi connectivity index (χ1) is 14.2. The third kappa shape index (κ3) is 9.08. The van der Waals surface area contributed by atoms with E-state index >= 15 is 0 Å². The van der Waals surface area contributed by atoms with Crippen molar-refractivity contribution < 1.29 is 5.11 Å². The van der Waals surface area contributed by atoms with Crippen LogP contribution in [0.4, 0.5) is 0 Å². The van der Waals surface area contributed by atoms with Crippen molar-refractivity contribution in [3.8, 4) is 0 Å². The van der Waals surface area contributed by atoms with Crippen molar-refractivity contribution in [3.63, 3.8) is 0 Å². The van der Waals surface area contributed by atoms with Crippen molar-refractivity contribution in [2.24, 2.45) is 4.99 Å². The minimum Gasteiger partial charge on any atom is -0.393 e. The van der Waals surface area contributed by atoms with Crippen LogP contribution in [0.15, 0.2) is 29.3 Å². The summed E-state index contributed by atoms with van der Waals surface area (Å²) in [5, 5.41) is 16.4. The molecule has 0 unspecified atom stereocenters. The normalized spacial score (nSPS) is 18.9. The van der Waals surface area contributed by atoms with Crippen molar-refractivity contribution in [2.45, 2.75) is 58.2 Å². The zero-order chi connectivity index (χ0) is 20.3. The van der Waals surface area contributed by atoms with E-state index in [1.54, 1.807) is 0 Å². The first kappa shape index (κ1) is 25.4. The number of aliphatic imine (C=N–C) groups is 1. The lowest BCUT2D eigenvalue weighted by Crippen LogP contribution is -2.40. The third-order valence-corrected chi connectivity index (χ3v) is 5.89. The number of nitrogens with one attached hydrogen (secondary N) is 2. The molecule has 2 fully saturated rings. The predicted octanol–water partition coefficient (Wildman–Crippen LogP) is 2.80. The second-order valence-electron chi connectivity index (χ2n) is 8.35. The molecule has 0 atom stereocenters. The summed E-state index contributed by atoms with van der Waals surface area (Å²) in [5.74, 6) is 0.891. The molecule has 6 nitrogen and oxygen atoms in total. The maximum Gasteiger partial charge on any atom is 0.191 e. The maximum absolute atomic E-state index is 9.60. The van der Waals surface area contributed by atoms with Gasteiger partial charge in [-0.2, -0.15) is 0 Å². The Morgan fingerprint density at radius 2 is 1.67 bits per heavy atom. The largest absolute Gasteiger partial charge is 0.393 e. The molecule has 2 aliphatic rings. The Bertz CT molecular complexity index is 611. The Labute approximate surface area is 199 Å². The second kappa shape index (κ2) is 14.2. The Balaban J connectivity index is 0.00000320. The third-order valence-electron chi connectivity index (χ3n) is 5.89. The van der Waals surface area contributed by atoms with Gasteiger partial charge in [0.25, 0.3) is 0 Å². The molecule has 0 amide bonds. The van der Waals surface area contributed by atoms with Crippen LogP contribution in [0.2, 0.25) is 0 Å². The van der Waals surface area contributed by atoms with E-state index in [1.165, 1.54) is 37.1 Å². The van der Waals surface area contributed by atoms with Crippen molar-refractivity contribution in [2.75, 3.05) is 45.8 Å². The van der Waals surface area contributed by atoms with Gasteiger partial charge in [-0.05, 0) is 69.8 Å². The number of halogens is 1. The molecule has 0 spiro atoms. The van der Waals surface area contributed by atoms with Crippen LogP contribution in [-0.2, 0) is 13.1 Å². The number of benzene rings is 1. The number of hydrogen-bond acceptors (Lipinski definition) is 4. The van der Waals surface area contributed by atoms with E-state index in [0.29, 0.717) is 6.54 Å². The van der Waals surface area contributed by atoms with Crippen LogP contribution < -0.4 is 10.6 Å². The van der Waals surface area contributed by atoms with Crippen molar-refractivity contribution >= 4 is 29.9 Å². The van der Waals surface area contributed by atoms with E-state index in [0.717, 1.165) is 64.5 Å². The molecule has 170 valence electrons. The summed E-state index contributed by atoms with van der Waals surface area (Å²) >= 11 is 0. The molecule has 0 aliphatic carbocycles. The van der Waals surface area contributed by atoms with Crippen molar-refractivity contribution in [1.82, 2.24) is 20.4 Å². The lowest BCUT2D eigenvalue weighted by molar-refractivity contribution is 0.0823. The van der Waals surface area contributed by atoms with Gasteiger partial charge in [-0.3, -0.25) is 4.90 Å². The molecule has 30 heavy (non-hydrogen) atoms. The molecule has 0 bridgehead atoms. The summed E-state index contributed by atoms with van der Waals surface area (Å²) < 4.78 is 0. The minimum absolute atomic E-state index is 0. The number of likely N-dealkylation sites (tertiary alicyclic amines) is 2. The maximum atomic E-state index is 9.60. The molecule has 2 saturated heterocycles. The number of aliphatic hydroxyl groups excluding tert-OH is 1. The molecule has 3 rings (SSSR count). The molecule has 3 N–H and O–H groups in total. The molecular formula is C23H40IN5O. The van der Waals surface area contributed by atoms with E-state index in [-0.39, 0.29) is 30.1 Å². The molecule has 7 heteroatoms. The summed E-state index contributed by atoms with van der Waals surface area (Å²) in [5.41, 5.74) is 2.65. The van der Waals surface area contributed by atoms with Crippen LogP contribution in [0.1, 0.15) is 50.2 Å². The highest BCUT2D eigenvalue weighted by molar-refractivity contribution is 14.0.